The van der Waals surface area contributed by atoms with E-state index in [1.165, 1.54) is 0 Å². The summed E-state index contributed by atoms with van der Waals surface area (Å²) in [7, 11) is 0. The van der Waals surface area contributed by atoms with Crippen LogP contribution in [0, 0.1) is 0 Å². The molecule has 0 aliphatic rings. The molecule has 2 heterocycles. The number of amides is 1. The number of hydrogen-bond acceptors (Lipinski definition) is 4. The van der Waals surface area contributed by atoms with Gasteiger partial charge >= 0.3 is 0 Å². The van der Waals surface area contributed by atoms with Gasteiger partial charge in [-0.25, -0.2) is 4.98 Å². The van der Waals surface area contributed by atoms with E-state index >= 15 is 0 Å². The Hall–Kier alpha value is -2.69. The van der Waals surface area contributed by atoms with Crippen LogP contribution in [0.1, 0.15) is 41.7 Å². The zero-order chi connectivity index (χ0) is 15.5. The average molecular weight is 295 g/mol. The minimum atomic E-state index is -0.151. The fourth-order valence-electron chi connectivity index (χ4n) is 2.11. The molecule has 5 nitrogen and oxygen atoms in total. The highest BCUT2D eigenvalue weighted by Gasteiger charge is 2.12. The topological polar surface area (TPSA) is 68.0 Å². The first-order chi connectivity index (χ1) is 10.6. The molecule has 5 heteroatoms. The van der Waals surface area contributed by atoms with E-state index in [1.54, 1.807) is 24.4 Å². The molecule has 112 valence electrons. The Morgan fingerprint density at radius 3 is 2.86 bits per heavy atom. The molecule has 0 saturated heterocycles. The van der Waals surface area contributed by atoms with E-state index < -0.39 is 0 Å². The predicted octanol–water partition coefficient (Wildman–Crippen LogP) is 3.28. The van der Waals surface area contributed by atoms with Crippen LogP contribution in [0.15, 0.2) is 47.0 Å². The molecule has 0 spiro atoms. The summed E-state index contributed by atoms with van der Waals surface area (Å²) in [6.45, 7) is 4.43. The summed E-state index contributed by atoms with van der Waals surface area (Å²) >= 11 is 0. The van der Waals surface area contributed by atoms with E-state index in [9.17, 15) is 4.79 Å². The largest absolute Gasteiger partial charge is 0.440 e. The van der Waals surface area contributed by atoms with Gasteiger partial charge in [0, 0.05) is 17.7 Å². The van der Waals surface area contributed by atoms with Crippen molar-refractivity contribution in [1.82, 2.24) is 15.3 Å². The number of carbonyl (C=O) groups excluding carboxylic acids is 1. The van der Waals surface area contributed by atoms with Crippen molar-refractivity contribution < 1.29 is 9.21 Å². The molecule has 1 N–H and O–H groups in total. The van der Waals surface area contributed by atoms with Crippen molar-refractivity contribution in [2.45, 2.75) is 26.3 Å². The molecular formula is C17H17N3O2. The zero-order valence-electron chi connectivity index (χ0n) is 12.5. The molecule has 0 bridgehead atoms. The molecule has 0 unspecified atom stereocenters. The van der Waals surface area contributed by atoms with Crippen LogP contribution in [0.4, 0.5) is 0 Å². The minimum Gasteiger partial charge on any atom is -0.440 e. The van der Waals surface area contributed by atoms with Crippen molar-refractivity contribution in [3.05, 3.63) is 59.7 Å². The first-order valence-corrected chi connectivity index (χ1v) is 7.22. The van der Waals surface area contributed by atoms with E-state index in [2.05, 4.69) is 15.3 Å². The highest BCUT2D eigenvalue weighted by Crippen LogP contribution is 2.22. The van der Waals surface area contributed by atoms with Gasteiger partial charge in [0.15, 0.2) is 11.5 Å². The van der Waals surface area contributed by atoms with Crippen LogP contribution >= 0.6 is 0 Å². The van der Waals surface area contributed by atoms with Gasteiger partial charge in [0.05, 0.1) is 12.2 Å². The molecule has 0 aliphatic heterocycles. The van der Waals surface area contributed by atoms with E-state index in [-0.39, 0.29) is 11.8 Å². The predicted molar refractivity (Wildman–Crippen MR) is 83.5 cm³/mol. The fourth-order valence-corrected chi connectivity index (χ4v) is 2.11. The van der Waals surface area contributed by atoms with Gasteiger partial charge < -0.3 is 9.73 Å². The van der Waals surface area contributed by atoms with Gasteiger partial charge in [-0.1, -0.05) is 19.9 Å². The van der Waals surface area contributed by atoms with E-state index in [1.807, 2.05) is 32.0 Å². The van der Waals surface area contributed by atoms with Crippen LogP contribution in [0.2, 0.25) is 0 Å². The number of nitrogens with zero attached hydrogens (tertiary/aromatic N) is 2. The highest BCUT2D eigenvalue weighted by atomic mass is 16.3. The quantitative estimate of drug-likeness (QED) is 0.802. The molecule has 0 fully saturated rings. The number of carbonyl (C=O) groups is 1. The lowest BCUT2D eigenvalue weighted by Crippen LogP contribution is -2.23. The Bertz CT molecular complexity index is 794. The van der Waals surface area contributed by atoms with E-state index in [0.29, 0.717) is 29.1 Å². The van der Waals surface area contributed by atoms with Gasteiger partial charge in [-0.05, 0) is 30.3 Å². The van der Waals surface area contributed by atoms with Gasteiger partial charge in [-0.15, -0.1) is 0 Å². The summed E-state index contributed by atoms with van der Waals surface area (Å²) in [5.41, 5.74) is 2.78. The molecule has 0 saturated carbocycles. The standard InChI is InChI=1S/C17H17N3O2/c1-11(2)17-20-14-9-12(6-7-15(14)22-17)16(21)19-10-13-5-3-4-8-18-13/h3-9,11H,10H2,1-2H3,(H,19,21). The van der Waals surface area contributed by atoms with E-state index in [0.717, 1.165) is 5.69 Å². The van der Waals surface area contributed by atoms with Gasteiger partial charge in [0.25, 0.3) is 5.91 Å². The Morgan fingerprint density at radius 2 is 2.14 bits per heavy atom. The normalized spacial score (nSPS) is 11.0. The Labute approximate surface area is 128 Å². The summed E-state index contributed by atoms with van der Waals surface area (Å²) in [4.78, 5) is 20.8. The SMILES string of the molecule is CC(C)c1nc2cc(C(=O)NCc3ccccn3)ccc2o1. The van der Waals surface area contributed by atoms with Gasteiger partial charge in [0.2, 0.25) is 0 Å². The third-order valence-electron chi connectivity index (χ3n) is 3.32. The van der Waals surface area contributed by atoms with Gasteiger partial charge in [-0.2, -0.15) is 0 Å². The smallest absolute Gasteiger partial charge is 0.251 e. The number of aromatic nitrogens is 2. The summed E-state index contributed by atoms with van der Waals surface area (Å²) in [6, 6.07) is 10.9. The highest BCUT2D eigenvalue weighted by molar-refractivity contribution is 5.97. The van der Waals surface area contributed by atoms with Gasteiger partial charge in [0.1, 0.15) is 5.52 Å². The van der Waals surface area contributed by atoms with Crippen LogP contribution < -0.4 is 5.32 Å². The summed E-state index contributed by atoms with van der Waals surface area (Å²) in [5.74, 6) is 0.747. The fraction of sp³-hybridized carbons (Fsp3) is 0.235. The maximum absolute atomic E-state index is 12.2. The Balaban J connectivity index is 1.76. The first kappa shape index (κ1) is 14.3. The number of oxazole rings is 1. The third kappa shape index (κ3) is 2.98. The lowest BCUT2D eigenvalue weighted by atomic mass is 10.2. The van der Waals surface area contributed by atoms with Crippen molar-refractivity contribution in [3.63, 3.8) is 0 Å². The third-order valence-corrected chi connectivity index (χ3v) is 3.32. The second kappa shape index (κ2) is 5.97. The molecule has 1 amide bonds. The van der Waals surface area contributed by atoms with Crippen molar-refractivity contribution >= 4 is 17.0 Å². The van der Waals surface area contributed by atoms with Crippen molar-refractivity contribution in [2.24, 2.45) is 0 Å². The number of fused-ring (bicyclic) bond motifs is 1. The molecule has 0 radical (unpaired) electrons. The Morgan fingerprint density at radius 1 is 1.27 bits per heavy atom. The number of rotatable bonds is 4. The van der Waals surface area contributed by atoms with E-state index in [4.69, 9.17) is 4.42 Å². The van der Waals surface area contributed by atoms with Crippen LogP contribution in [0.5, 0.6) is 0 Å². The molecule has 1 aromatic carbocycles. The number of nitrogens with one attached hydrogen (secondary N) is 1. The maximum Gasteiger partial charge on any atom is 0.251 e. The van der Waals surface area contributed by atoms with Crippen molar-refractivity contribution in [1.29, 1.82) is 0 Å². The summed E-state index contributed by atoms with van der Waals surface area (Å²) in [6.07, 6.45) is 1.70. The molecule has 3 rings (SSSR count). The second-order valence-corrected chi connectivity index (χ2v) is 5.39. The first-order valence-electron chi connectivity index (χ1n) is 7.22. The van der Waals surface area contributed by atoms with Crippen LogP contribution in [0.25, 0.3) is 11.1 Å². The van der Waals surface area contributed by atoms with Crippen LogP contribution in [-0.4, -0.2) is 15.9 Å². The molecule has 3 aromatic rings. The second-order valence-electron chi connectivity index (χ2n) is 5.39. The minimum absolute atomic E-state index is 0.151. The molecule has 2 aromatic heterocycles. The van der Waals surface area contributed by atoms with Crippen LogP contribution in [0.3, 0.4) is 0 Å². The number of benzene rings is 1. The maximum atomic E-state index is 12.2. The van der Waals surface area contributed by atoms with Gasteiger partial charge in [-0.3, -0.25) is 9.78 Å². The zero-order valence-corrected chi connectivity index (χ0v) is 12.5. The molecule has 0 atom stereocenters. The lowest BCUT2D eigenvalue weighted by Gasteiger charge is -2.04. The van der Waals surface area contributed by atoms with Crippen molar-refractivity contribution in [2.75, 3.05) is 0 Å². The monoisotopic (exact) mass is 295 g/mol. The summed E-state index contributed by atoms with van der Waals surface area (Å²) in [5, 5.41) is 2.85. The van der Waals surface area contributed by atoms with Crippen molar-refractivity contribution in [3.8, 4) is 0 Å². The summed E-state index contributed by atoms with van der Waals surface area (Å²) < 4.78 is 5.64. The molecule has 22 heavy (non-hydrogen) atoms. The Kier molecular flexibility index (Phi) is 3.87. The average Bonchev–Trinajstić information content (AvgIpc) is 2.97. The molecule has 0 aliphatic carbocycles. The van der Waals surface area contributed by atoms with Crippen LogP contribution in [-0.2, 0) is 6.54 Å². The number of hydrogen-bond donors (Lipinski definition) is 1. The lowest BCUT2D eigenvalue weighted by molar-refractivity contribution is 0.0950. The molecular weight excluding hydrogens is 278 g/mol. The number of pyridine rings is 1.